The average Bonchev–Trinajstić information content (AvgIpc) is 2.95. The van der Waals surface area contributed by atoms with Crippen molar-refractivity contribution in [1.29, 1.82) is 0 Å². The third kappa shape index (κ3) is 3.91. The fourth-order valence-electron chi connectivity index (χ4n) is 2.61. The number of hydrogen-bond donors (Lipinski definition) is 2. The maximum atomic E-state index is 12.7. The molecular formula is C19H15ClN2O6. The van der Waals surface area contributed by atoms with Crippen molar-refractivity contribution in [3.63, 3.8) is 0 Å². The number of anilines is 1. The number of methoxy groups -OCH3 is 1. The van der Waals surface area contributed by atoms with Crippen LogP contribution in [-0.4, -0.2) is 36.6 Å². The lowest BCUT2D eigenvalue weighted by Crippen LogP contribution is -2.35. The summed E-state index contributed by atoms with van der Waals surface area (Å²) in [5.41, 5.74) is 3.05. The molecule has 2 N–H and O–H groups in total. The van der Waals surface area contributed by atoms with E-state index in [-0.39, 0.29) is 27.7 Å². The minimum atomic E-state index is -1.19. The van der Waals surface area contributed by atoms with Crippen LogP contribution in [0.2, 0.25) is 5.02 Å². The van der Waals surface area contributed by atoms with Gasteiger partial charge in [0.05, 0.1) is 12.8 Å². The second-order valence-corrected chi connectivity index (χ2v) is 6.12. The van der Waals surface area contributed by atoms with E-state index in [1.54, 1.807) is 30.3 Å². The first-order valence-corrected chi connectivity index (χ1v) is 8.43. The smallest absolute Gasteiger partial charge is 0.341 e. The Morgan fingerprint density at radius 2 is 1.96 bits per heavy atom. The predicted octanol–water partition coefficient (Wildman–Crippen LogP) is 2.27. The number of carboxylic acid groups (broad SMARTS) is 1. The van der Waals surface area contributed by atoms with Gasteiger partial charge in [-0.2, -0.15) is 0 Å². The topological polar surface area (TPSA) is 105 Å². The average molecular weight is 403 g/mol. The Morgan fingerprint density at radius 3 is 2.61 bits per heavy atom. The zero-order chi connectivity index (χ0) is 20.3. The fraction of sp³-hybridized carbons (Fsp3) is 0.105. The van der Waals surface area contributed by atoms with Crippen LogP contribution in [0.15, 0.2) is 48.0 Å². The first-order chi connectivity index (χ1) is 13.4. The summed E-state index contributed by atoms with van der Waals surface area (Å²) in [5.74, 6) is -2.15. The molecule has 9 heteroatoms. The highest BCUT2D eigenvalue weighted by Crippen LogP contribution is 2.36. The Bertz CT molecular complexity index is 974. The van der Waals surface area contributed by atoms with Gasteiger partial charge < -0.3 is 14.6 Å². The molecule has 144 valence electrons. The number of carbonyl (C=O) groups is 3. The zero-order valence-corrected chi connectivity index (χ0v) is 15.4. The van der Waals surface area contributed by atoms with Crippen molar-refractivity contribution >= 4 is 41.1 Å². The van der Waals surface area contributed by atoms with Crippen LogP contribution in [0.25, 0.3) is 6.08 Å². The van der Waals surface area contributed by atoms with E-state index in [4.69, 9.17) is 26.2 Å². The second-order valence-electron chi connectivity index (χ2n) is 5.68. The molecule has 1 saturated heterocycles. The van der Waals surface area contributed by atoms with E-state index >= 15 is 0 Å². The van der Waals surface area contributed by atoms with Crippen LogP contribution in [0.1, 0.15) is 5.56 Å². The van der Waals surface area contributed by atoms with Crippen molar-refractivity contribution in [2.45, 2.75) is 0 Å². The Labute approximate surface area is 164 Å². The van der Waals surface area contributed by atoms with E-state index in [0.29, 0.717) is 5.69 Å². The van der Waals surface area contributed by atoms with E-state index in [0.717, 1.165) is 5.01 Å². The van der Waals surface area contributed by atoms with Crippen LogP contribution in [0.4, 0.5) is 5.69 Å². The molecule has 2 amide bonds. The van der Waals surface area contributed by atoms with E-state index in [1.165, 1.54) is 25.3 Å². The predicted molar refractivity (Wildman–Crippen MR) is 101 cm³/mol. The van der Waals surface area contributed by atoms with Gasteiger partial charge >= 0.3 is 5.97 Å². The molecule has 0 bridgehead atoms. The number of amides is 2. The minimum Gasteiger partial charge on any atom is -0.493 e. The van der Waals surface area contributed by atoms with Gasteiger partial charge in [-0.1, -0.05) is 29.8 Å². The molecule has 2 aromatic carbocycles. The maximum Gasteiger partial charge on any atom is 0.341 e. The number of ether oxygens (including phenoxy) is 2. The summed E-state index contributed by atoms with van der Waals surface area (Å²) in [6.45, 7) is -0.634. The highest BCUT2D eigenvalue weighted by atomic mass is 35.5. The SMILES string of the molecule is COc1cc(Cl)cc(/C=C2/C(=O)NN(c3ccccc3)C2=O)c1OCC(=O)O. The number of aliphatic carboxylic acids is 1. The normalized spacial score (nSPS) is 14.9. The van der Waals surface area contributed by atoms with Crippen LogP contribution in [-0.2, 0) is 14.4 Å². The summed E-state index contributed by atoms with van der Waals surface area (Å²) in [6.07, 6.45) is 1.28. The van der Waals surface area contributed by atoms with Gasteiger partial charge in [0, 0.05) is 16.7 Å². The molecule has 0 unspecified atom stereocenters. The first-order valence-electron chi connectivity index (χ1n) is 8.05. The van der Waals surface area contributed by atoms with Crippen molar-refractivity contribution in [3.05, 3.63) is 58.6 Å². The monoisotopic (exact) mass is 402 g/mol. The van der Waals surface area contributed by atoms with E-state index in [2.05, 4.69) is 5.43 Å². The van der Waals surface area contributed by atoms with Gasteiger partial charge in [-0.15, -0.1) is 0 Å². The van der Waals surface area contributed by atoms with Gasteiger partial charge in [-0.3, -0.25) is 15.0 Å². The molecule has 28 heavy (non-hydrogen) atoms. The molecule has 0 saturated carbocycles. The second kappa shape index (κ2) is 8.01. The number of benzene rings is 2. The maximum absolute atomic E-state index is 12.7. The Kier molecular flexibility index (Phi) is 5.51. The largest absolute Gasteiger partial charge is 0.493 e. The minimum absolute atomic E-state index is 0.0561. The number of para-hydroxylation sites is 1. The van der Waals surface area contributed by atoms with Crippen LogP contribution >= 0.6 is 11.6 Å². The van der Waals surface area contributed by atoms with Gasteiger partial charge in [-0.25, -0.2) is 9.80 Å². The molecule has 0 aliphatic carbocycles. The van der Waals surface area contributed by atoms with Gasteiger partial charge in [0.15, 0.2) is 18.1 Å². The summed E-state index contributed by atoms with van der Waals surface area (Å²) in [7, 11) is 1.36. The lowest BCUT2D eigenvalue weighted by Gasteiger charge is -2.14. The lowest BCUT2D eigenvalue weighted by atomic mass is 10.1. The summed E-state index contributed by atoms with van der Waals surface area (Å²) >= 11 is 6.07. The molecule has 0 radical (unpaired) electrons. The molecule has 1 heterocycles. The standard InChI is InChI=1S/C19H15ClN2O6/c1-27-15-9-12(20)7-11(17(15)28-10-16(23)24)8-14-18(25)21-22(19(14)26)13-5-3-2-4-6-13/h2-9H,10H2,1H3,(H,21,25)(H,23,24)/b14-8-. The number of nitrogens with zero attached hydrogens (tertiary/aromatic N) is 1. The highest BCUT2D eigenvalue weighted by Gasteiger charge is 2.34. The number of carboxylic acids is 1. The molecule has 2 aromatic rings. The summed E-state index contributed by atoms with van der Waals surface area (Å²) in [6, 6.07) is 11.5. The van der Waals surface area contributed by atoms with E-state index in [9.17, 15) is 14.4 Å². The summed E-state index contributed by atoms with van der Waals surface area (Å²) in [5, 5.41) is 10.3. The third-order valence-electron chi connectivity index (χ3n) is 3.81. The zero-order valence-electron chi connectivity index (χ0n) is 14.6. The third-order valence-corrected chi connectivity index (χ3v) is 4.03. The highest BCUT2D eigenvalue weighted by molar-refractivity contribution is 6.32. The number of hydrogen-bond acceptors (Lipinski definition) is 5. The molecule has 1 aliphatic rings. The number of nitrogens with one attached hydrogen (secondary N) is 1. The molecule has 1 fully saturated rings. The molecule has 3 rings (SSSR count). The summed E-state index contributed by atoms with van der Waals surface area (Å²) in [4.78, 5) is 35.9. The van der Waals surface area contributed by atoms with E-state index in [1.807, 2.05) is 0 Å². The van der Waals surface area contributed by atoms with Crippen LogP contribution < -0.4 is 19.9 Å². The Balaban J connectivity index is 2.02. The fourth-order valence-corrected chi connectivity index (χ4v) is 2.82. The Hall–Kier alpha value is -3.52. The molecule has 0 spiro atoms. The first kappa shape index (κ1) is 19.2. The van der Waals surface area contributed by atoms with Gasteiger partial charge in [0.25, 0.3) is 11.8 Å². The number of halogens is 1. The van der Waals surface area contributed by atoms with Crippen LogP contribution in [0.5, 0.6) is 11.5 Å². The summed E-state index contributed by atoms with van der Waals surface area (Å²) < 4.78 is 10.5. The number of rotatable bonds is 6. The van der Waals surface area contributed by atoms with Gasteiger partial charge in [-0.05, 0) is 24.3 Å². The Morgan fingerprint density at radius 1 is 1.25 bits per heavy atom. The van der Waals surface area contributed by atoms with Crippen molar-refractivity contribution in [3.8, 4) is 11.5 Å². The van der Waals surface area contributed by atoms with Crippen LogP contribution in [0, 0.1) is 0 Å². The van der Waals surface area contributed by atoms with Crippen molar-refractivity contribution < 1.29 is 29.0 Å². The molecule has 1 aliphatic heterocycles. The molecule has 0 aromatic heterocycles. The van der Waals surface area contributed by atoms with Crippen molar-refractivity contribution in [2.24, 2.45) is 0 Å². The number of hydrazine groups is 1. The van der Waals surface area contributed by atoms with Crippen molar-refractivity contribution in [1.82, 2.24) is 5.43 Å². The van der Waals surface area contributed by atoms with Crippen LogP contribution in [0.3, 0.4) is 0 Å². The lowest BCUT2D eigenvalue weighted by molar-refractivity contribution is -0.139. The molecular weight excluding hydrogens is 388 g/mol. The molecule has 8 nitrogen and oxygen atoms in total. The number of carbonyl (C=O) groups excluding carboxylic acids is 2. The van der Waals surface area contributed by atoms with Gasteiger partial charge in [0.2, 0.25) is 0 Å². The quantitative estimate of drug-likeness (QED) is 0.567. The van der Waals surface area contributed by atoms with E-state index < -0.39 is 24.4 Å². The van der Waals surface area contributed by atoms with Crippen molar-refractivity contribution in [2.75, 3.05) is 18.7 Å². The molecule has 0 atom stereocenters. The van der Waals surface area contributed by atoms with Gasteiger partial charge in [0.1, 0.15) is 5.57 Å².